The Kier molecular flexibility index (Phi) is 5.25. The minimum Gasteiger partial charge on any atom is -0.309 e. The molecule has 0 spiro atoms. The van der Waals surface area contributed by atoms with Crippen molar-refractivity contribution in [2.24, 2.45) is 0 Å². The Bertz CT molecular complexity index is 2810. The fraction of sp³-hybridized carbons (Fsp3) is 0. The maximum absolute atomic E-state index is 4.91. The van der Waals surface area contributed by atoms with Gasteiger partial charge in [-0.2, -0.15) is 0 Å². The van der Waals surface area contributed by atoms with E-state index in [-0.39, 0.29) is 0 Å². The van der Waals surface area contributed by atoms with E-state index in [4.69, 9.17) is 9.97 Å². The summed E-state index contributed by atoms with van der Waals surface area (Å²) in [5.74, 6) is 0.899. The number of pyridine rings is 2. The van der Waals surface area contributed by atoms with E-state index in [1.807, 2.05) is 18.5 Å². The summed E-state index contributed by atoms with van der Waals surface area (Å²) in [4.78, 5) is 9.70. The quantitative estimate of drug-likeness (QED) is 0.193. The first-order valence-corrected chi connectivity index (χ1v) is 15.6. The molecule has 0 radical (unpaired) electrons. The molecule has 4 nitrogen and oxygen atoms in total. The smallest absolute Gasteiger partial charge is 0.138 e. The van der Waals surface area contributed by atoms with E-state index in [2.05, 4.69) is 149 Å². The molecule has 214 valence electrons. The van der Waals surface area contributed by atoms with Gasteiger partial charge in [0, 0.05) is 50.4 Å². The summed E-state index contributed by atoms with van der Waals surface area (Å²) in [6, 6.07) is 52.1. The molecule has 46 heavy (non-hydrogen) atoms. The fourth-order valence-corrected chi connectivity index (χ4v) is 7.31. The summed E-state index contributed by atoms with van der Waals surface area (Å²) < 4.78 is 4.71. The molecule has 0 atom stereocenters. The summed E-state index contributed by atoms with van der Waals surface area (Å²) in [6.07, 6.45) is 3.80. The molecule has 0 aliphatic heterocycles. The van der Waals surface area contributed by atoms with Crippen LogP contribution in [0.1, 0.15) is 0 Å². The lowest BCUT2D eigenvalue weighted by molar-refractivity contribution is 1.08. The predicted molar refractivity (Wildman–Crippen MR) is 191 cm³/mol. The standard InChI is InChI=1S/C42H26N4/c1-2-9-27(10-3-1)29-20-22-43-41(24-29)46-38-15-7-4-12-32(38)34-19-18-31(25-39(34)46)45-37-14-6-5-13-33(37)36-23-30-17-16-28-11-8-21-44-42(28)35(30)26-40(36)45/h1-26H. The summed E-state index contributed by atoms with van der Waals surface area (Å²) in [5.41, 5.74) is 9.05. The van der Waals surface area contributed by atoms with Gasteiger partial charge in [-0.25, -0.2) is 4.98 Å². The lowest BCUT2D eigenvalue weighted by Crippen LogP contribution is -1.99. The van der Waals surface area contributed by atoms with Gasteiger partial charge < -0.3 is 4.57 Å². The Hall–Kier alpha value is -6.26. The van der Waals surface area contributed by atoms with Gasteiger partial charge in [-0.05, 0) is 71.1 Å². The van der Waals surface area contributed by atoms with Crippen LogP contribution in [0.25, 0.3) is 87.9 Å². The van der Waals surface area contributed by atoms with Crippen molar-refractivity contribution in [3.05, 3.63) is 158 Å². The Morgan fingerprint density at radius 2 is 1.09 bits per heavy atom. The van der Waals surface area contributed by atoms with Crippen LogP contribution in [-0.4, -0.2) is 19.1 Å². The van der Waals surface area contributed by atoms with Crippen molar-refractivity contribution in [3.8, 4) is 22.6 Å². The number of nitrogens with zero attached hydrogens (tertiary/aromatic N) is 4. The number of benzene rings is 6. The average molecular weight is 587 g/mol. The van der Waals surface area contributed by atoms with Crippen LogP contribution in [-0.2, 0) is 0 Å². The van der Waals surface area contributed by atoms with E-state index in [1.54, 1.807) is 0 Å². The second-order valence-corrected chi connectivity index (χ2v) is 11.9. The van der Waals surface area contributed by atoms with Crippen LogP contribution in [0.3, 0.4) is 0 Å². The zero-order chi connectivity index (χ0) is 30.2. The van der Waals surface area contributed by atoms with Gasteiger partial charge in [0.1, 0.15) is 5.82 Å². The molecule has 0 bridgehead atoms. The minimum absolute atomic E-state index is 0.899. The highest BCUT2D eigenvalue weighted by Gasteiger charge is 2.18. The normalized spacial score (nSPS) is 11.9. The molecule has 0 unspecified atom stereocenters. The van der Waals surface area contributed by atoms with Gasteiger partial charge in [0.15, 0.2) is 0 Å². The second kappa shape index (κ2) is 9.62. The number of rotatable bonds is 3. The van der Waals surface area contributed by atoms with Gasteiger partial charge >= 0.3 is 0 Å². The molecule has 0 saturated carbocycles. The first-order valence-electron chi connectivity index (χ1n) is 15.6. The largest absolute Gasteiger partial charge is 0.309 e. The molecular formula is C42H26N4. The molecule has 0 aliphatic carbocycles. The zero-order valence-corrected chi connectivity index (χ0v) is 24.8. The van der Waals surface area contributed by atoms with Crippen LogP contribution in [0.4, 0.5) is 0 Å². The molecule has 0 amide bonds. The third-order valence-electron chi connectivity index (χ3n) is 9.38. The zero-order valence-electron chi connectivity index (χ0n) is 24.8. The van der Waals surface area contributed by atoms with E-state index < -0.39 is 0 Å². The van der Waals surface area contributed by atoms with Gasteiger partial charge in [-0.3, -0.25) is 9.55 Å². The molecule has 6 aromatic carbocycles. The molecule has 0 saturated heterocycles. The number of para-hydroxylation sites is 2. The first kappa shape index (κ1) is 25.1. The van der Waals surface area contributed by atoms with Crippen molar-refractivity contribution >= 4 is 65.3 Å². The highest BCUT2D eigenvalue weighted by molar-refractivity contribution is 6.18. The average Bonchev–Trinajstić information content (AvgIpc) is 3.63. The molecule has 0 fully saturated rings. The number of hydrogen-bond donors (Lipinski definition) is 0. The lowest BCUT2D eigenvalue weighted by atomic mass is 10.0. The van der Waals surface area contributed by atoms with E-state index in [0.29, 0.717) is 0 Å². The van der Waals surface area contributed by atoms with Crippen molar-refractivity contribution in [2.75, 3.05) is 0 Å². The van der Waals surface area contributed by atoms with Crippen LogP contribution in [0, 0.1) is 0 Å². The monoisotopic (exact) mass is 586 g/mol. The topological polar surface area (TPSA) is 35.6 Å². The Balaban J connectivity index is 1.28. The Morgan fingerprint density at radius 1 is 0.370 bits per heavy atom. The molecule has 0 aliphatic rings. The summed E-state index contributed by atoms with van der Waals surface area (Å²) in [7, 11) is 0. The maximum Gasteiger partial charge on any atom is 0.138 e. The highest BCUT2D eigenvalue weighted by Crippen LogP contribution is 2.39. The highest BCUT2D eigenvalue weighted by atomic mass is 15.1. The minimum atomic E-state index is 0.899. The van der Waals surface area contributed by atoms with Gasteiger partial charge in [-0.1, -0.05) is 91.0 Å². The second-order valence-electron chi connectivity index (χ2n) is 11.9. The van der Waals surface area contributed by atoms with Crippen molar-refractivity contribution in [2.45, 2.75) is 0 Å². The van der Waals surface area contributed by atoms with Crippen LogP contribution in [0.15, 0.2) is 158 Å². The first-order chi connectivity index (χ1) is 22.8. The van der Waals surface area contributed by atoms with Gasteiger partial charge in [0.2, 0.25) is 0 Å². The summed E-state index contributed by atoms with van der Waals surface area (Å²) >= 11 is 0. The predicted octanol–water partition coefficient (Wildman–Crippen LogP) is 10.6. The van der Waals surface area contributed by atoms with E-state index in [0.717, 1.165) is 49.9 Å². The molecular weight excluding hydrogens is 560 g/mol. The van der Waals surface area contributed by atoms with Crippen molar-refractivity contribution in [3.63, 3.8) is 0 Å². The van der Waals surface area contributed by atoms with Gasteiger partial charge in [0.05, 0.1) is 27.6 Å². The Morgan fingerprint density at radius 3 is 1.96 bits per heavy atom. The number of fused-ring (bicyclic) bond motifs is 9. The SMILES string of the molecule is c1ccc(-c2ccnc(-n3c4ccccc4c4ccc(-n5c6ccccc6c6cc7ccc8cccnc8c7cc65)cc43)c2)cc1. The van der Waals surface area contributed by atoms with Crippen molar-refractivity contribution < 1.29 is 0 Å². The van der Waals surface area contributed by atoms with Crippen LogP contribution < -0.4 is 0 Å². The molecule has 4 aromatic heterocycles. The van der Waals surface area contributed by atoms with E-state index in [9.17, 15) is 0 Å². The summed E-state index contributed by atoms with van der Waals surface area (Å²) in [5, 5.41) is 8.38. The fourth-order valence-electron chi connectivity index (χ4n) is 7.31. The number of aromatic nitrogens is 4. The molecule has 0 N–H and O–H groups in total. The lowest BCUT2D eigenvalue weighted by Gasteiger charge is -2.12. The van der Waals surface area contributed by atoms with E-state index in [1.165, 1.54) is 38.0 Å². The Labute approximate surface area is 264 Å². The van der Waals surface area contributed by atoms with Crippen LogP contribution in [0.2, 0.25) is 0 Å². The molecule has 10 rings (SSSR count). The molecule has 4 heteroatoms. The van der Waals surface area contributed by atoms with Gasteiger partial charge in [0.25, 0.3) is 0 Å². The summed E-state index contributed by atoms with van der Waals surface area (Å²) in [6.45, 7) is 0. The van der Waals surface area contributed by atoms with Gasteiger partial charge in [-0.15, -0.1) is 0 Å². The van der Waals surface area contributed by atoms with Crippen LogP contribution >= 0.6 is 0 Å². The van der Waals surface area contributed by atoms with Crippen molar-refractivity contribution in [1.82, 2.24) is 19.1 Å². The third-order valence-corrected chi connectivity index (χ3v) is 9.38. The third kappa shape index (κ3) is 3.61. The van der Waals surface area contributed by atoms with Crippen molar-refractivity contribution in [1.29, 1.82) is 0 Å². The van der Waals surface area contributed by atoms with E-state index >= 15 is 0 Å². The maximum atomic E-state index is 4.91. The molecule has 10 aromatic rings. The molecule has 4 heterocycles. The van der Waals surface area contributed by atoms with Crippen LogP contribution in [0.5, 0.6) is 0 Å². The number of hydrogen-bond acceptors (Lipinski definition) is 2.